The Hall–Kier alpha value is -4.66. The second kappa shape index (κ2) is 10.3. The van der Waals surface area contributed by atoms with E-state index in [0.29, 0.717) is 28.5 Å². The average Bonchev–Trinajstić information content (AvgIpc) is 2.84. The number of esters is 1. The van der Waals surface area contributed by atoms with Crippen molar-refractivity contribution in [3.63, 3.8) is 0 Å². The molecule has 0 unspecified atom stereocenters. The van der Waals surface area contributed by atoms with Crippen LogP contribution in [0.15, 0.2) is 83.8 Å². The highest BCUT2D eigenvalue weighted by atomic mass is 16.5. The van der Waals surface area contributed by atoms with Gasteiger partial charge in [-0.05, 0) is 43.3 Å². The highest BCUT2D eigenvalue weighted by Crippen LogP contribution is 2.25. The van der Waals surface area contributed by atoms with Gasteiger partial charge in [-0.1, -0.05) is 30.3 Å². The second-order valence-corrected chi connectivity index (χ2v) is 7.14. The molecule has 4 rings (SSSR count). The van der Waals surface area contributed by atoms with E-state index in [1.54, 1.807) is 79.9 Å². The number of fused-ring (bicyclic) bond motifs is 1. The molecule has 4 aromatic rings. The number of pyridine rings is 1. The van der Waals surface area contributed by atoms with Gasteiger partial charge in [-0.2, -0.15) is 0 Å². The number of hydrogen-bond donors (Lipinski definition) is 2. The number of urea groups is 1. The van der Waals surface area contributed by atoms with Crippen LogP contribution in [0.1, 0.15) is 23.0 Å². The maximum absolute atomic E-state index is 12.6. The number of nitrogens with one attached hydrogen (secondary N) is 2. The van der Waals surface area contributed by atoms with Crippen LogP contribution in [0.25, 0.3) is 5.65 Å². The molecular weight excluding hydrogens is 436 g/mol. The summed E-state index contributed by atoms with van der Waals surface area (Å²) in [5.41, 5.74) is 1.73. The third-order valence-electron chi connectivity index (χ3n) is 4.81. The monoisotopic (exact) mass is 458 g/mol. The van der Waals surface area contributed by atoms with E-state index < -0.39 is 12.0 Å². The van der Waals surface area contributed by atoms with Crippen LogP contribution in [0, 0.1) is 0 Å². The van der Waals surface area contributed by atoms with Crippen molar-refractivity contribution in [1.29, 1.82) is 0 Å². The van der Waals surface area contributed by atoms with Crippen molar-refractivity contribution in [2.24, 2.45) is 0 Å². The molecule has 0 atom stereocenters. The fourth-order valence-corrected chi connectivity index (χ4v) is 3.28. The van der Waals surface area contributed by atoms with Gasteiger partial charge in [-0.3, -0.25) is 9.20 Å². The Balaban J connectivity index is 1.47. The van der Waals surface area contributed by atoms with Gasteiger partial charge < -0.3 is 20.1 Å². The first-order chi connectivity index (χ1) is 16.5. The Bertz CT molecular complexity index is 1400. The summed E-state index contributed by atoms with van der Waals surface area (Å²) in [6.45, 7) is 1.97. The van der Waals surface area contributed by atoms with Gasteiger partial charge in [-0.15, -0.1) is 0 Å². The van der Waals surface area contributed by atoms with Gasteiger partial charge in [0.15, 0.2) is 0 Å². The summed E-state index contributed by atoms with van der Waals surface area (Å²) in [7, 11) is 0. The summed E-state index contributed by atoms with van der Waals surface area (Å²) in [6.07, 6.45) is 1.65. The van der Waals surface area contributed by atoms with E-state index in [9.17, 15) is 14.4 Å². The van der Waals surface area contributed by atoms with E-state index in [0.717, 1.165) is 0 Å². The van der Waals surface area contributed by atoms with Gasteiger partial charge in [0, 0.05) is 12.3 Å². The molecule has 0 bridgehead atoms. The van der Waals surface area contributed by atoms with E-state index in [2.05, 4.69) is 15.6 Å². The topological polar surface area (TPSA) is 111 Å². The van der Waals surface area contributed by atoms with Crippen molar-refractivity contribution >= 4 is 29.0 Å². The molecule has 172 valence electrons. The van der Waals surface area contributed by atoms with Crippen LogP contribution < -0.4 is 20.9 Å². The number of amides is 2. The predicted molar refractivity (Wildman–Crippen MR) is 127 cm³/mol. The molecule has 0 saturated carbocycles. The number of aromatic nitrogens is 2. The van der Waals surface area contributed by atoms with Gasteiger partial charge in [-0.25, -0.2) is 14.6 Å². The largest absolute Gasteiger partial charge is 0.485 e. The van der Waals surface area contributed by atoms with Crippen molar-refractivity contribution < 1.29 is 19.1 Å². The summed E-state index contributed by atoms with van der Waals surface area (Å²) in [5, 5.41) is 5.39. The van der Waals surface area contributed by atoms with Gasteiger partial charge in [0.05, 0.1) is 29.2 Å². The standard InChI is InChI=1S/C25H22N4O5/c1-2-33-24(31)18-9-3-4-10-19(18)27-25(32)28-20-11-5-6-12-21(20)34-16-17-15-23(30)29-14-8-7-13-22(29)26-17/h3-15H,2,16H2,1H3,(H2,27,28,32). The number of rotatable bonds is 7. The lowest BCUT2D eigenvalue weighted by Crippen LogP contribution is -2.22. The van der Waals surface area contributed by atoms with Crippen molar-refractivity contribution in [2.45, 2.75) is 13.5 Å². The fourth-order valence-electron chi connectivity index (χ4n) is 3.28. The molecule has 2 amide bonds. The van der Waals surface area contributed by atoms with Crippen LogP contribution in [0.3, 0.4) is 0 Å². The van der Waals surface area contributed by atoms with Crippen LogP contribution in [0.5, 0.6) is 5.75 Å². The van der Waals surface area contributed by atoms with Gasteiger partial charge in [0.25, 0.3) is 5.56 Å². The lowest BCUT2D eigenvalue weighted by atomic mass is 10.2. The lowest BCUT2D eigenvalue weighted by Gasteiger charge is -2.14. The zero-order valence-electron chi connectivity index (χ0n) is 18.4. The molecule has 0 radical (unpaired) electrons. The summed E-state index contributed by atoms with van der Waals surface area (Å²) >= 11 is 0. The van der Waals surface area contributed by atoms with Gasteiger partial charge in [0.1, 0.15) is 18.0 Å². The van der Waals surface area contributed by atoms with Crippen LogP contribution in [0.4, 0.5) is 16.2 Å². The van der Waals surface area contributed by atoms with E-state index in [1.807, 2.05) is 0 Å². The summed E-state index contributed by atoms with van der Waals surface area (Å²) in [4.78, 5) is 41.5. The molecule has 0 aliphatic carbocycles. The number of para-hydroxylation sites is 3. The molecule has 2 N–H and O–H groups in total. The molecule has 2 heterocycles. The summed E-state index contributed by atoms with van der Waals surface area (Å²) in [5.74, 6) is -0.132. The van der Waals surface area contributed by atoms with E-state index in [-0.39, 0.29) is 24.3 Å². The maximum atomic E-state index is 12.6. The Morgan fingerprint density at radius 3 is 2.47 bits per heavy atom. The molecule has 0 saturated heterocycles. The minimum atomic E-state index is -0.560. The minimum Gasteiger partial charge on any atom is -0.485 e. The number of carbonyl (C=O) groups is 2. The number of nitrogens with zero attached hydrogens (tertiary/aromatic N) is 2. The Kier molecular flexibility index (Phi) is 6.83. The third-order valence-corrected chi connectivity index (χ3v) is 4.81. The number of ether oxygens (including phenoxy) is 2. The van der Waals surface area contributed by atoms with E-state index >= 15 is 0 Å². The van der Waals surface area contributed by atoms with Crippen LogP contribution in [-0.2, 0) is 11.3 Å². The number of benzene rings is 2. The van der Waals surface area contributed by atoms with Gasteiger partial charge in [0.2, 0.25) is 0 Å². The number of anilines is 2. The molecule has 0 fully saturated rings. The molecule has 0 aliphatic rings. The van der Waals surface area contributed by atoms with E-state index in [4.69, 9.17) is 9.47 Å². The Morgan fingerprint density at radius 2 is 1.65 bits per heavy atom. The highest BCUT2D eigenvalue weighted by Gasteiger charge is 2.15. The highest BCUT2D eigenvalue weighted by molar-refractivity contribution is 6.05. The minimum absolute atomic E-state index is 0.0344. The van der Waals surface area contributed by atoms with Gasteiger partial charge >= 0.3 is 12.0 Å². The normalized spacial score (nSPS) is 10.5. The molecule has 34 heavy (non-hydrogen) atoms. The van der Waals surface area contributed by atoms with Crippen molar-refractivity contribution in [3.05, 3.63) is 101 Å². The molecule has 2 aromatic heterocycles. The Morgan fingerprint density at radius 1 is 0.941 bits per heavy atom. The predicted octanol–water partition coefficient (Wildman–Crippen LogP) is 4.09. The molecule has 9 nitrogen and oxygen atoms in total. The molecule has 9 heteroatoms. The quantitative estimate of drug-likeness (QED) is 0.404. The van der Waals surface area contributed by atoms with Crippen molar-refractivity contribution in [1.82, 2.24) is 9.38 Å². The van der Waals surface area contributed by atoms with Crippen LogP contribution in [0.2, 0.25) is 0 Å². The third kappa shape index (κ3) is 5.21. The SMILES string of the molecule is CCOC(=O)c1ccccc1NC(=O)Nc1ccccc1OCc1cc(=O)n2ccccc2n1. The molecule has 2 aromatic carbocycles. The number of hydrogen-bond acceptors (Lipinski definition) is 6. The first-order valence-electron chi connectivity index (χ1n) is 10.6. The summed E-state index contributed by atoms with van der Waals surface area (Å²) in [6, 6.07) is 19.6. The first-order valence-corrected chi connectivity index (χ1v) is 10.6. The van der Waals surface area contributed by atoms with Crippen LogP contribution in [-0.4, -0.2) is 28.0 Å². The average molecular weight is 458 g/mol. The summed E-state index contributed by atoms with van der Waals surface area (Å²) < 4.78 is 12.3. The first kappa shape index (κ1) is 22.5. The second-order valence-electron chi connectivity index (χ2n) is 7.14. The van der Waals surface area contributed by atoms with Crippen LogP contribution >= 0.6 is 0 Å². The molecule has 0 spiro atoms. The molecular formula is C25H22N4O5. The molecule has 0 aliphatic heterocycles. The van der Waals surface area contributed by atoms with Crippen molar-refractivity contribution in [2.75, 3.05) is 17.2 Å². The smallest absolute Gasteiger partial charge is 0.340 e. The zero-order chi connectivity index (χ0) is 23.9. The van der Waals surface area contributed by atoms with E-state index in [1.165, 1.54) is 10.5 Å². The Labute approximate surface area is 195 Å². The van der Waals surface area contributed by atoms with Crippen molar-refractivity contribution in [3.8, 4) is 5.75 Å². The number of carbonyl (C=O) groups excluding carboxylic acids is 2. The zero-order valence-corrected chi connectivity index (χ0v) is 18.4. The fraction of sp³-hybridized carbons (Fsp3) is 0.120. The maximum Gasteiger partial charge on any atom is 0.340 e. The lowest BCUT2D eigenvalue weighted by molar-refractivity contribution is 0.0527.